The van der Waals surface area contributed by atoms with Crippen molar-refractivity contribution in [1.29, 1.82) is 0 Å². The van der Waals surface area contributed by atoms with Gasteiger partial charge in [0.2, 0.25) is 11.2 Å². The second-order valence-electron chi connectivity index (χ2n) is 8.20. The maximum atomic E-state index is 13.4. The van der Waals surface area contributed by atoms with Gasteiger partial charge in [-0.15, -0.1) is 0 Å². The lowest BCUT2D eigenvalue weighted by Gasteiger charge is -2.33. The molecule has 3 heterocycles. The molecule has 4 rings (SSSR count). The predicted molar refractivity (Wildman–Crippen MR) is 115 cm³/mol. The van der Waals surface area contributed by atoms with E-state index in [9.17, 15) is 14.0 Å². The number of benzene rings is 1. The minimum Gasteiger partial charge on any atom is -0.486 e. The van der Waals surface area contributed by atoms with E-state index in [0.29, 0.717) is 32.0 Å². The molecule has 0 saturated carbocycles. The molecule has 1 saturated heterocycles. The fourth-order valence-corrected chi connectivity index (χ4v) is 3.85. The third-order valence-corrected chi connectivity index (χ3v) is 5.59. The molecule has 0 N–H and O–H groups in total. The van der Waals surface area contributed by atoms with Crippen LogP contribution in [0.1, 0.15) is 18.6 Å². The lowest BCUT2D eigenvalue weighted by atomic mass is 9.98. The molecule has 3 aromatic rings. The Bertz CT molecular complexity index is 1130. The summed E-state index contributed by atoms with van der Waals surface area (Å²) in [5, 5.41) is 1.71. The maximum Gasteiger partial charge on any atom is 0.319 e. The van der Waals surface area contributed by atoms with Gasteiger partial charge in [0, 0.05) is 51.0 Å². The average molecular weight is 427 g/mol. The van der Waals surface area contributed by atoms with Crippen LogP contribution >= 0.6 is 0 Å². The zero-order valence-corrected chi connectivity index (χ0v) is 17.7. The summed E-state index contributed by atoms with van der Waals surface area (Å²) in [4.78, 5) is 27.9. The summed E-state index contributed by atoms with van der Waals surface area (Å²) in [6.07, 6.45) is 6.73. The molecule has 2 amide bonds. The molecular formula is C23H26FN3O4. The monoisotopic (exact) mass is 427 g/mol. The van der Waals surface area contributed by atoms with Crippen molar-refractivity contribution in [1.82, 2.24) is 14.4 Å². The summed E-state index contributed by atoms with van der Waals surface area (Å²) in [6.45, 7) is 2.16. The molecule has 0 spiro atoms. The number of rotatable bonds is 5. The van der Waals surface area contributed by atoms with Crippen molar-refractivity contribution in [3.05, 3.63) is 64.7 Å². The first-order chi connectivity index (χ1) is 14.9. The summed E-state index contributed by atoms with van der Waals surface area (Å²) in [7, 11) is 3.50. The quantitative estimate of drug-likeness (QED) is 0.625. The van der Waals surface area contributed by atoms with E-state index in [2.05, 4.69) is 0 Å². The molecule has 1 fully saturated rings. The molecule has 164 valence electrons. The number of urea groups is 1. The van der Waals surface area contributed by atoms with Gasteiger partial charge in [-0.3, -0.25) is 4.79 Å². The number of hydrogen-bond acceptors (Lipinski definition) is 4. The minimum atomic E-state index is -0.284. The van der Waals surface area contributed by atoms with Gasteiger partial charge in [0.1, 0.15) is 17.8 Å². The largest absolute Gasteiger partial charge is 0.486 e. The van der Waals surface area contributed by atoms with Crippen LogP contribution < -0.4 is 10.2 Å². The zero-order chi connectivity index (χ0) is 22.0. The number of ether oxygens (including phenoxy) is 1. The standard InChI is InChI=1S/C23H26FN3O4/c1-25(2)23(29)27-7-5-16(6-8-27)14-31-22-15-30-20(10-21(22)28)13-26-11-17-3-4-19(24)9-18(17)12-26/h3-4,9-12,15-16H,5-8,13-14H2,1-2H3. The number of likely N-dealkylation sites (tertiary alicyclic amines) is 1. The van der Waals surface area contributed by atoms with E-state index in [1.165, 1.54) is 24.5 Å². The first-order valence-corrected chi connectivity index (χ1v) is 10.3. The maximum absolute atomic E-state index is 13.4. The fraction of sp³-hybridized carbons (Fsp3) is 0.391. The fourth-order valence-electron chi connectivity index (χ4n) is 3.85. The van der Waals surface area contributed by atoms with Crippen molar-refractivity contribution in [2.45, 2.75) is 19.4 Å². The van der Waals surface area contributed by atoms with Gasteiger partial charge in [-0.1, -0.05) is 0 Å². The van der Waals surface area contributed by atoms with E-state index in [1.54, 1.807) is 25.1 Å². The molecule has 0 atom stereocenters. The molecule has 1 aliphatic heterocycles. The van der Waals surface area contributed by atoms with Crippen LogP contribution in [-0.2, 0) is 6.54 Å². The van der Waals surface area contributed by atoms with Crippen LogP contribution in [0.3, 0.4) is 0 Å². The van der Waals surface area contributed by atoms with Gasteiger partial charge in [-0.05, 0) is 42.3 Å². The Morgan fingerprint density at radius 3 is 2.65 bits per heavy atom. The molecule has 0 aliphatic carbocycles. The van der Waals surface area contributed by atoms with Crippen molar-refractivity contribution in [2.24, 2.45) is 5.92 Å². The lowest BCUT2D eigenvalue weighted by molar-refractivity contribution is 0.128. The number of halogens is 1. The van der Waals surface area contributed by atoms with Crippen LogP contribution in [0.2, 0.25) is 0 Å². The highest BCUT2D eigenvalue weighted by atomic mass is 19.1. The van der Waals surface area contributed by atoms with Crippen LogP contribution in [-0.4, -0.2) is 54.2 Å². The highest BCUT2D eigenvalue weighted by Gasteiger charge is 2.24. The van der Waals surface area contributed by atoms with Gasteiger partial charge in [0.25, 0.3) is 0 Å². The molecule has 2 aromatic heterocycles. The van der Waals surface area contributed by atoms with E-state index in [0.717, 1.165) is 23.6 Å². The molecule has 0 bridgehead atoms. The van der Waals surface area contributed by atoms with Gasteiger partial charge >= 0.3 is 6.03 Å². The van der Waals surface area contributed by atoms with E-state index in [4.69, 9.17) is 9.15 Å². The Balaban J connectivity index is 1.32. The van der Waals surface area contributed by atoms with Crippen LogP contribution in [0.15, 0.2) is 52.1 Å². The lowest BCUT2D eigenvalue weighted by Crippen LogP contribution is -2.44. The number of nitrogens with zero attached hydrogens (tertiary/aromatic N) is 3. The number of amides is 2. The number of piperidine rings is 1. The first-order valence-electron chi connectivity index (χ1n) is 10.3. The van der Waals surface area contributed by atoms with Crippen molar-refractivity contribution < 1.29 is 18.3 Å². The average Bonchev–Trinajstić information content (AvgIpc) is 3.14. The molecule has 1 aliphatic rings. The van der Waals surface area contributed by atoms with Gasteiger partial charge in [-0.25, -0.2) is 9.18 Å². The zero-order valence-electron chi connectivity index (χ0n) is 17.7. The van der Waals surface area contributed by atoms with Crippen LogP contribution in [0, 0.1) is 11.7 Å². The third kappa shape index (κ3) is 4.90. The molecule has 31 heavy (non-hydrogen) atoms. The normalized spacial score (nSPS) is 14.7. The van der Waals surface area contributed by atoms with Gasteiger partial charge in [-0.2, -0.15) is 0 Å². The summed E-state index contributed by atoms with van der Waals surface area (Å²) in [6, 6.07) is 6.06. The van der Waals surface area contributed by atoms with Crippen molar-refractivity contribution in [3.8, 4) is 5.75 Å². The topological polar surface area (TPSA) is 67.9 Å². The molecule has 0 radical (unpaired) electrons. The second-order valence-corrected chi connectivity index (χ2v) is 8.20. The van der Waals surface area contributed by atoms with Gasteiger partial charge in [0.15, 0.2) is 0 Å². The number of fused-ring (bicyclic) bond motifs is 1. The SMILES string of the molecule is CN(C)C(=O)N1CCC(COc2coc(Cn3cc4ccc(F)cc4c3)cc2=O)CC1. The van der Waals surface area contributed by atoms with Crippen LogP contribution in [0.5, 0.6) is 5.75 Å². The Morgan fingerprint density at radius 2 is 1.94 bits per heavy atom. The number of hydrogen-bond donors (Lipinski definition) is 0. The van der Waals surface area contributed by atoms with E-state index >= 15 is 0 Å². The Hall–Kier alpha value is -3.29. The summed E-state index contributed by atoms with van der Waals surface area (Å²) < 4.78 is 26.5. The van der Waals surface area contributed by atoms with E-state index < -0.39 is 0 Å². The van der Waals surface area contributed by atoms with Crippen molar-refractivity contribution in [2.75, 3.05) is 33.8 Å². The van der Waals surface area contributed by atoms with Gasteiger partial charge in [0.05, 0.1) is 13.2 Å². The first kappa shape index (κ1) is 21.0. The smallest absolute Gasteiger partial charge is 0.319 e. The molecule has 0 unspecified atom stereocenters. The Kier molecular flexibility index (Phi) is 5.97. The van der Waals surface area contributed by atoms with Crippen molar-refractivity contribution >= 4 is 16.8 Å². The number of aromatic nitrogens is 1. The number of carbonyl (C=O) groups is 1. The highest BCUT2D eigenvalue weighted by Crippen LogP contribution is 2.20. The van der Waals surface area contributed by atoms with Crippen LogP contribution in [0.25, 0.3) is 10.8 Å². The Morgan fingerprint density at radius 1 is 1.19 bits per heavy atom. The van der Waals surface area contributed by atoms with Gasteiger partial charge < -0.3 is 23.5 Å². The molecule has 8 heteroatoms. The van der Waals surface area contributed by atoms with E-state index in [1.807, 2.05) is 21.9 Å². The number of carbonyl (C=O) groups excluding carboxylic acids is 1. The molecule has 1 aromatic carbocycles. The van der Waals surface area contributed by atoms with Crippen molar-refractivity contribution in [3.63, 3.8) is 0 Å². The highest BCUT2D eigenvalue weighted by molar-refractivity contribution is 5.82. The molecular weight excluding hydrogens is 401 g/mol. The third-order valence-electron chi connectivity index (χ3n) is 5.59. The summed E-state index contributed by atoms with van der Waals surface area (Å²) in [5.41, 5.74) is -0.232. The van der Waals surface area contributed by atoms with Crippen LogP contribution in [0.4, 0.5) is 9.18 Å². The summed E-state index contributed by atoms with van der Waals surface area (Å²) in [5.74, 6) is 0.690. The second kappa shape index (κ2) is 8.83. The summed E-state index contributed by atoms with van der Waals surface area (Å²) >= 11 is 0. The predicted octanol–water partition coefficient (Wildman–Crippen LogP) is 3.55. The van der Waals surface area contributed by atoms with E-state index in [-0.39, 0.29) is 28.9 Å². The minimum absolute atomic E-state index is 0.0244. The molecule has 7 nitrogen and oxygen atoms in total. The Labute approximate surface area is 179 Å².